The second-order valence-corrected chi connectivity index (χ2v) is 7.51. The summed E-state index contributed by atoms with van der Waals surface area (Å²) in [4.78, 5) is 35.8. The number of fused-ring (bicyclic) bond motifs is 1. The molecular formula is C22H18F3N3O4. The van der Waals surface area contributed by atoms with Crippen LogP contribution in [0.3, 0.4) is 0 Å². The maximum Gasteiger partial charge on any atom is 0.416 e. The Kier molecular flexibility index (Phi) is 5.37. The minimum Gasteiger partial charge on any atom is -0.494 e. The number of benzene rings is 2. The van der Waals surface area contributed by atoms with E-state index in [4.69, 9.17) is 0 Å². The number of hydrogen-bond donors (Lipinski definition) is 3. The van der Waals surface area contributed by atoms with Gasteiger partial charge in [-0.1, -0.05) is 12.1 Å². The second-order valence-electron chi connectivity index (χ2n) is 7.51. The first kappa shape index (κ1) is 21.4. The highest BCUT2D eigenvalue weighted by Gasteiger charge is 2.31. The Balaban J connectivity index is 1.51. The number of rotatable bonds is 4. The Morgan fingerprint density at radius 2 is 1.97 bits per heavy atom. The van der Waals surface area contributed by atoms with Crippen molar-refractivity contribution in [2.24, 2.45) is 0 Å². The summed E-state index contributed by atoms with van der Waals surface area (Å²) in [6.07, 6.45) is -2.53. The number of aromatic nitrogens is 1. The Bertz CT molecular complexity index is 1230. The first-order valence-electron chi connectivity index (χ1n) is 9.75. The molecule has 0 saturated carbocycles. The predicted molar refractivity (Wildman–Crippen MR) is 108 cm³/mol. The smallest absolute Gasteiger partial charge is 0.416 e. The van der Waals surface area contributed by atoms with Gasteiger partial charge in [0.25, 0.3) is 5.91 Å². The lowest BCUT2D eigenvalue weighted by atomic mass is 10.1. The molecule has 1 fully saturated rings. The van der Waals surface area contributed by atoms with Gasteiger partial charge in [-0.05, 0) is 42.3 Å². The SMILES string of the molecule is O=C1CCC(n2cc3cc(CNC(=O)c4cccc(C(F)(F)F)c4)ccc3c2O)C(=O)N1. The Hall–Kier alpha value is -3.82. The lowest BCUT2D eigenvalue weighted by Crippen LogP contribution is -2.41. The van der Waals surface area contributed by atoms with Gasteiger partial charge in [-0.25, -0.2) is 0 Å². The van der Waals surface area contributed by atoms with Crippen molar-refractivity contribution in [3.8, 4) is 5.88 Å². The monoisotopic (exact) mass is 445 g/mol. The van der Waals surface area contributed by atoms with Gasteiger partial charge in [-0.2, -0.15) is 13.2 Å². The number of alkyl halides is 3. The summed E-state index contributed by atoms with van der Waals surface area (Å²) in [6.45, 7) is 0.0510. The van der Waals surface area contributed by atoms with Crippen LogP contribution in [0.4, 0.5) is 13.2 Å². The van der Waals surface area contributed by atoms with E-state index in [1.807, 2.05) is 0 Å². The van der Waals surface area contributed by atoms with Crippen molar-refractivity contribution >= 4 is 28.5 Å². The summed E-state index contributed by atoms with van der Waals surface area (Å²) < 4.78 is 39.9. The first-order chi connectivity index (χ1) is 15.1. The molecule has 3 aromatic rings. The summed E-state index contributed by atoms with van der Waals surface area (Å²) in [5.41, 5.74) is -0.363. The molecule has 4 rings (SSSR count). The summed E-state index contributed by atoms with van der Waals surface area (Å²) in [5, 5.41) is 16.4. The number of carbonyl (C=O) groups excluding carboxylic acids is 3. The Morgan fingerprint density at radius 1 is 1.19 bits per heavy atom. The van der Waals surface area contributed by atoms with Crippen LogP contribution in [0.2, 0.25) is 0 Å². The van der Waals surface area contributed by atoms with Crippen molar-refractivity contribution in [1.29, 1.82) is 0 Å². The van der Waals surface area contributed by atoms with Gasteiger partial charge in [-0.3, -0.25) is 19.7 Å². The van der Waals surface area contributed by atoms with Crippen LogP contribution in [-0.4, -0.2) is 27.4 Å². The molecule has 1 aliphatic rings. The molecule has 1 saturated heterocycles. The third-order valence-corrected chi connectivity index (χ3v) is 5.33. The van der Waals surface area contributed by atoms with E-state index in [-0.39, 0.29) is 36.7 Å². The van der Waals surface area contributed by atoms with E-state index in [1.165, 1.54) is 16.7 Å². The van der Waals surface area contributed by atoms with Gasteiger partial charge in [0, 0.05) is 35.5 Å². The van der Waals surface area contributed by atoms with Crippen LogP contribution in [0.15, 0.2) is 48.7 Å². The highest BCUT2D eigenvalue weighted by atomic mass is 19.4. The fraction of sp³-hybridized carbons (Fsp3) is 0.227. The average Bonchev–Trinajstić information content (AvgIpc) is 3.07. The standard InChI is InChI=1S/C22H18F3N3O4/c23-22(24,25)15-3-1-2-13(9-15)19(30)26-10-12-4-5-16-14(8-12)11-28(21(16)32)17-6-7-18(29)27-20(17)31/h1-5,8-9,11,17,32H,6-7,10H2,(H,26,30)(H,27,29,31). The van der Waals surface area contributed by atoms with Crippen LogP contribution in [0, 0.1) is 0 Å². The predicted octanol–water partition coefficient (Wildman–Crippen LogP) is 3.27. The molecule has 32 heavy (non-hydrogen) atoms. The van der Waals surface area contributed by atoms with Crippen molar-refractivity contribution in [3.63, 3.8) is 0 Å². The summed E-state index contributed by atoms with van der Waals surface area (Å²) in [5.74, 6) is -1.62. The molecule has 1 atom stereocenters. The van der Waals surface area contributed by atoms with Crippen molar-refractivity contribution in [2.45, 2.75) is 31.6 Å². The first-order valence-corrected chi connectivity index (χ1v) is 9.75. The fourth-order valence-electron chi connectivity index (χ4n) is 3.69. The molecule has 1 aromatic heterocycles. The van der Waals surface area contributed by atoms with Crippen molar-refractivity contribution in [1.82, 2.24) is 15.2 Å². The van der Waals surface area contributed by atoms with E-state index in [0.29, 0.717) is 16.3 Å². The van der Waals surface area contributed by atoms with Gasteiger partial charge in [0.15, 0.2) is 5.88 Å². The quantitative estimate of drug-likeness (QED) is 0.537. The third-order valence-electron chi connectivity index (χ3n) is 5.33. The molecule has 1 aliphatic heterocycles. The fourth-order valence-corrected chi connectivity index (χ4v) is 3.69. The van der Waals surface area contributed by atoms with E-state index >= 15 is 0 Å². The van der Waals surface area contributed by atoms with Crippen molar-refractivity contribution < 1.29 is 32.7 Å². The number of halogens is 3. The molecule has 166 valence electrons. The zero-order chi connectivity index (χ0) is 23.0. The van der Waals surface area contributed by atoms with E-state index in [0.717, 1.165) is 12.1 Å². The van der Waals surface area contributed by atoms with E-state index < -0.39 is 29.6 Å². The number of aromatic hydroxyl groups is 1. The zero-order valence-corrected chi connectivity index (χ0v) is 16.6. The Morgan fingerprint density at radius 3 is 2.69 bits per heavy atom. The second kappa shape index (κ2) is 8.03. The molecule has 1 unspecified atom stereocenters. The largest absolute Gasteiger partial charge is 0.494 e. The van der Waals surface area contributed by atoms with E-state index in [1.54, 1.807) is 24.4 Å². The molecular weight excluding hydrogens is 427 g/mol. The summed E-state index contributed by atoms with van der Waals surface area (Å²) in [7, 11) is 0. The number of nitrogens with one attached hydrogen (secondary N) is 2. The van der Waals surface area contributed by atoms with Crippen molar-refractivity contribution in [3.05, 3.63) is 65.4 Å². The normalized spacial score (nSPS) is 16.8. The van der Waals surface area contributed by atoms with Crippen LogP contribution in [0.25, 0.3) is 10.8 Å². The van der Waals surface area contributed by atoms with Gasteiger partial charge < -0.3 is 15.0 Å². The third kappa shape index (κ3) is 4.16. The topological polar surface area (TPSA) is 100 Å². The Labute approximate surface area is 179 Å². The number of amides is 3. The van der Waals surface area contributed by atoms with Crippen LogP contribution >= 0.6 is 0 Å². The highest BCUT2D eigenvalue weighted by molar-refractivity contribution is 6.00. The van der Waals surface area contributed by atoms with Gasteiger partial charge in [0.05, 0.1) is 5.56 Å². The summed E-state index contributed by atoms with van der Waals surface area (Å²) in [6, 6.07) is 8.41. The van der Waals surface area contributed by atoms with Gasteiger partial charge in [0.1, 0.15) is 6.04 Å². The average molecular weight is 445 g/mol. The van der Waals surface area contributed by atoms with E-state index in [9.17, 15) is 32.7 Å². The molecule has 7 nitrogen and oxygen atoms in total. The number of piperidine rings is 1. The van der Waals surface area contributed by atoms with Crippen LogP contribution in [0.5, 0.6) is 5.88 Å². The molecule has 10 heteroatoms. The maximum atomic E-state index is 12.8. The van der Waals surface area contributed by atoms with Crippen molar-refractivity contribution in [2.75, 3.05) is 0 Å². The molecule has 3 N–H and O–H groups in total. The van der Waals surface area contributed by atoms with Crippen LogP contribution in [-0.2, 0) is 22.3 Å². The molecule has 0 bridgehead atoms. The van der Waals surface area contributed by atoms with Gasteiger partial charge >= 0.3 is 6.18 Å². The van der Waals surface area contributed by atoms with Gasteiger partial charge in [0.2, 0.25) is 11.8 Å². The van der Waals surface area contributed by atoms with Gasteiger partial charge in [-0.15, -0.1) is 0 Å². The molecule has 2 heterocycles. The summed E-state index contributed by atoms with van der Waals surface area (Å²) >= 11 is 0. The lowest BCUT2D eigenvalue weighted by molar-refractivity contribution is -0.138. The van der Waals surface area contributed by atoms with E-state index in [2.05, 4.69) is 10.6 Å². The minimum absolute atomic E-state index is 0.0510. The number of hydrogen-bond acceptors (Lipinski definition) is 4. The molecule has 0 radical (unpaired) electrons. The number of imide groups is 1. The minimum atomic E-state index is -4.54. The maximum absolute atomic E-state index is 12.8. The molecule has 0 aliphatic carbocycles. The number of carbonyl (C=O) groups is 3. The van der Waals surface area contributed by atoms with Crippen LogP contribution < -0.4 is 10.6 Å². The van der Waals surface area contributed by atoms with Crippen LogP contribution in [0.1, 0.15) is 40.4 Å². The lowest BCUT2D eigenvalue weighted by Gasteiger charge is -2.22. The zero-order valence-electron chi connectivity index (χ0n) is 16.6. The molecule has 2 aromatic carbocycles. The molecule has 0 spiro atoms. The number of nitrogens with zero attached hydrogens (tertiary/aromatic N) is 1. The molecule has 3 amide bonds. The highest BCUT2D eigenvalue weighted by Crippen LogP contribution is 2.33.